The van der Waals surface area contributed by atoms with Gasteiger partial charge in [0.1, 0.15) is 18.1 Å². The zero-order chi connectivity index (χ0) is 15.6. The number of hydrogen-bond donors (Lipinski definition) is 1. The van der Waals surface area contributed by atoms with E-state index in [4.69, 9.17) is 4.74 Å². The zero-order valence-corrected chi connectivity index (χ0v) is 10.9. The summed E-state index contributed by atoms with van der Waals surface area (Å²) in [7, 11) is 0. The predicted molar refractivity (Wildman–Crippen MR) is 67.8 cm³/mol. The molecular weight excluding hydrogens is 289 g/mol. The maximum Gasteiger partial charge on any atom is 0.573 e. The summed E-state index contributed by atoms with van der Waals surface area (Å²) in [4.78, 5) is 10.7. The molecule has 0 bridgehead atoms. The molecule has 112 valence electrons. The molecule has 0 aromatic heterocycles. The monoisotopic (exact) mass is 300 g/mol. The number of carbonyl (C=O) groups excluding carboxylic acids is 1. The molecule has 1 N–H and O–H groups in total. The maximum absolute atomic E-state index is 12.1. The van der Waals surface area contributed by atoms with Crippen molar-refractivity contribution in [3.8, 4) is 11.5 Å². The van der Waals surface area contributed by atoms with Gasteiger partial charge in [-0.15, -0.1) is 13.2 Å². The normalized spacial score (nSPS) is 11.4. The van der Waals surface area contributed by atoms with Gasteiger partial charge >= 0.3 is 12.3 Å². The van der Waals surface area contributed by atoms with E-state index in [9.17, 15) is 23.1 Å². The average Bonchev–Trinajstić information content (AvgIpc) is 2.35. The van der Waals surface area contributed by atoms with Gasteiger partial charge in [-0.05, 0) is 35.2 Å². The standard InChI is InChI=1S/C14H11F3O4/c1-8(18)20-7-9-4-10-2-3-11(21-14(15,16)17)6-12(10)13(19)5-9/h2-6,19H,7H2,1H3. The minimum atomic E-state index is -4.79. The zero-order valence-electron chi connectivity index (χ0n) is 10.9. The Morgan fingerprint density at radius 3 is 2.57 bits per heavy atom. The Kier molecular flexibility index (Phi) is 3.93. The topological polar surface area (TPSA) is 55.8 Å². The molecule has 0 saturated heterocycles. The summed E-state index contributed by atoms with van der Waals surface area (Å²) in [5, 5.41) is 10.6. The quantitative estimate of drug-likeness (QED) is 0.881. The SMILES string of the molecule is CC(=O)OCc1cc(O)c2cc(OC(F)(F)F)ccc2c1. The fourth-order valence-corrected chi connectivity index (χ4v) is 1.84. The van der Waals surface area contributed by atoms with Crippen LogP contribution in [-0.4, -0.2) is 17.4 Å². The Balaban J connectivity index is 2.34. The number of hydrogen-bond acceptors (Lipinski definition) is 4. The van der Waals surface area contributed by atoms with E-state index in [1.807, 2.05) is 0 Å². The highest BCUT2D eigenvalue weighted by Gasteiger charge is 2.31. The number of fused-ring (bicyclic) bond motifs is 1. The van der Waals surface area contributed by atoms with Crippen LogP contribution in [0, 0.1) is 0 Å². The number of benzene rings is 2. The molecule has 0 fully saturated rings. The maximum atomic E-state index is 12.1. The first-order chi connectivity index (χ1) is 9.74. The van der Waals surface area contributed by atoms with Crippen molar-refractivity contribution in [3.05, 3.63) is 35.9 Å². The van der Waals surface area contributed by atoms with Crippen LogP contribution >= 0.6 is 0 Å². The lowest BCUT2D eigenvalue weighted by atomic mass is 10.1. The fraction of sp³-hybridized carbons (Fsp3) is 0.214. The van der Waals surface area contributed by atoms with Crippen LogP contribution in [0.2, 0.25) is 0 Å². The van der Waals surface area contributed by atoms with Gasteiger partial charge in [-0.1, -0.05) is 6.07 Å². The molecule has 2 aromatic carbocycles. The third-order valence-corrected chi connectivity index (χ3v) is 2.64. The van der Waals surface area contributed by atoms with Gasteiger partial charge in [-0.2, -0.15) is 0 Å². The lowest BCUT2D eigenvalue weighted by molar-refractivity contribution is -0.274. The van der Waals surface area contributed by atoms with Crippen molar-refractivity contribution in [2.45, 2.75) is 19.9 Å². The number of esters is 1. The van der Waals surface area contributed by atoms with Crippen molar-refractivity contribution in [1.82, 2.24) is 0 Å². The van der Waals surface area contributed by atoms with Crippen molar-refractivity contribution in [3.63, 3.8) is 0 Å². The smallest absolute Gasteiger partial charge is 0.507 e. The van der Waals surface area contributed by atoms with Crippen molar-refractivity contribution in [2.75, 3.05) is 0 Å². The Labute approximate surface area is 117 Å². The summed E-state index contributed by atoms with van der Waals surface area (Å²) in [6.07, 6.45) is -4.79. The molecule has 0 aliphatic rings. The summed E-state index contributed by atoms with van der Waals surface area (Å²) in [5.41, 5.74) is 0.527. The number of phenols is 1. The van der Waals surface area contributed by atoms with Crippen LogP contribution in [0.5, 0.6) is 11.5 Å². The second-order valence-electron chi connectivity index (χ2n) is 4.33. The van der Waals surface area contributed by atoms with Gasteiger partial charge < -0.3 is 14.6 Å². The van der Waals surface area contributed by atoms with Gasteiger partial charge in [-0.25, -0.2) is 0 Å². The van der Waals surface area contributed by atoms with Crippen LogP contribution in [0.1, 0.15) is 12.5 Å². The fourth-order valence-electron chi connectivity index (χ4n) is 1.84. The Morgan fingerprint density at radius 1 is 1.24 bits per heavy atom. The molecule has 2 aromatic rings. The minimum Gasteiger partial charge on any atom is -0.507 e. The Morgan fingerprint density at radius 2 is 1.95 bits per heavy atom. The van der Waals surface area contributed by atoms with E-state index in [-0.39, 0.29) is 17.7 Å². The van der Waals surface area contributed by atoms with Crippen LogP contribution in [0.25, 0.3) is 10.8 Å². The summed E-state index contributed by atoms with van der Waals surface area (Å²) >= 11 is 0. The lowest BCUT2D eigenvalue weighted by Gasteiger charge is -2.11. The van der Waals surface area contributed by atoms with Crippen LogP contribution in [-0.2, 0) is 16.1 Å². The van der Waals surface area contributed by atoms with E-state index in [2.05, 4.69) is 4.74 Å². The molecule has 21 heavy (non-hydrogen) atoms. The van der Waals surface area contributed by atoms with E-state index in [0.717, 1.165) is 12.1 Å². The molecule has 0 aliphatic carbocycles. The second-order valence-corrected chi connectivity index (χ2v) is 4.33. The Hall–Kier alpha value is -2.44. The van der Waals surface area contributed by atoms with E-state index < -0.39 is 18.1 Å². The van der Waals surface area contributed by atoms with Gasteiger partial charge in [0.25, 0.3) is 0 Å². The number of carbonyl (C=O) groups is 1. The minimum absolute atomic E-state index is 0.0281. The van der Waals surface area contributed by atoms with E-state index in [1.165, 1.54) is 19.1 Å². The Bertz CT molecular complexity index is 680. The predicted octanol–water partition coefficient (Wildman–Crippen LogP) is 3.51. The molecule has 0 amide bonds. The van der Waals surface area contributed by atoms with Crippen LogP contribution in [0.3, 0.4) is 0 Å². The largest absolute Gasteiger partial charge is 0.573 e. The first-order valence-electron chi connectivity index (χ1n) is 5.89. The highest BCUT2D eigenvalue weighted by molar-refractivity contribution is 5.90. The lowest BCUT2D eigenvalue weighted by Crippen LogP contribution is -2.16. The molecule has 4 nitrogen and oxygen atoms in total. The first kappa shape index (κ1) is 15.0. The number of ether oxygens (including phenoxy) is 2. The van der Waals surface area contributed by atoms with Crippen LogP contribution < -0.4 is 4.74 Å². The number of phenolic OH excluding ortho intramolecular Hbond substituents is 1. The van der Waals surface area contributed by atoms with Crippen molar-refractivity contribution >= 4 is 16.7 Å². The highest BCUT2D eigenvalue weighted by Crippen LogP contribution is 2.32. The number of halogens is 3. The molecule has 0 spiro atoms. The summed E-state index contributed by atoms with van der Waals surface area (Å²) in [6.45, 7) is 1.22. The summed E-state index contributed by atoms with van der Waals surface area (Å²) in [5.74, 6) is -1.11. The van der Waals surface area contributed by atoms with E-state index in [1.54, 1.807) is 6.07 Å². The van der Waals surface area contributed by atoms with Crippen molar-refractivity contribution in [1.29, 1.82) is 0 Å². The molecule has 0 saturated carbocycles. The van der Waals surface area contributed by atoms with Crippen LogP contribution in [0.15, 0.2) is 30.3 Å². The summed E-state index contributed by atoms with van der Waals surface area (Å²) in [6, 6.07) is 6.55. The highest BCUT2D eigenvalue weighted by atomic mass is 19.4. The van der Waals surface area contributed by atoms with Crippen LogP contribution in [0.4, 0.5) is 13.2 Å². The third kappa shape index (κ3) is 4.01. The molecule has 0 aliphatic heterocycles. The molecule has 0 unspecified atom stereocenters. The molecule has 0 heterocycles. The van der Waals surface area contributed by atoms with Gasteiger partial charge in [0, 0.05) is 12.3 Å². The average molecular weight is 300 g/mol. The molecule has 7 heteroatoms. The molecule has 2 rings (SSSR count). The van der Waals surface area contributed by atoms with E-state index >= 15 is 0 Å². The van der Waals surface area contributed by atoms with Gasteiger partial charge in [0.15, 0.2) is 0 Å². The number of aromatic hydroxyl groups is 1. The van der Waals surface area contributed by atoms with Gasteiger partial charge in [-0.3, -0.25) is 4.79 Å². The van der Waals surface area contributed by atoms with Gasteiger partial charge in [0.2, 0.25) is 0 Å². The number of alkyl halides is 3. The molecular formula is C14H11F3O4. The molecule has 0 radical (unpaired) electrons. The van der Waals surface area contributed by atoms with Crippen molar-refractivity contribution in [2.24, 2.45) is 0 Å². The van der Waals surface area contributed by atoms with Gasteiger partial charge in [0.05, 0.1) is 0 Å². The summed E-state index contributed by atoms with van der Waals surface area (Å²) < 4.78 is 45.0. The number of rotatable bonds is 3. The first-order valence-corrected chi connectivity index (χ1v) is 5.89. The van der Waals surface area contributed by atoms with E-state index in [0.29, 0.717) is 10.9 Å². The molecule has 0 atom stereocenters. The van der Waals surface area contributed by atoms with Crippen molar-refractivity contribution < 1.29 is 32.5 Å². The third-order valence-electron chi connectivity index (χ3n) is 2.64. The second kappa shape index (κ2) is 5.51.